The van der Waals surface area contributed by atoms with E-state index < -0.39 is 12.0 Å². The van der Waals surface area contributed by atoms with E-state index in [1.165, 1.54) is 11.3 Å². The van der Waals surface area contributed by atoms with Crippen LogP contribution in [0.15, 0.2) is 86.2 Å². The maximum atomic E-state index is 14.0. The van der Waals surface area contributed by atoms with E-state index in [1.807, 2.05) is 48.5 Å². The predicted octanol–water partition coefficient (Wildman–Crippen LogP) is 4.88. The van der Waals surface area contributed by atoms with Gasteiger partial charge in [0.15, 0.2) is 27.8 Å². The number of methoxy groups -OCH3 is 1. The molecule has 0 saturated carbocycles. The number of carbonyl (C=O) groups is 1. The minimum absolute atomic E-state index is 0.110. The molecule has 43 heavy (non-hydrogen) atoms. The molecule has 2 aliphatic heterocycles. The molecule has 0 spiro atoms. The maximum Gasteiger partial charge on any atom is 0.338 e. The molecule has 0 unspecified atom stereocenters. The lowest BCUT2D eigenvalue weighted by atomic mass is 9.95. The summed E-state index contributed by atoms with van der Waals surface area (Å²) in [5.74, 6) is 1.75. The van der Waals surface area contributed by atoms with Crippen molar-refractivity contribution in [2.24, 2.45) is 4.99 Å². The fourth-order valence-corrected chi connectivity index (χ4v) is 6.29. The second kappa shape index (κ2) is 12.1. The Morgan fingerprint density at radius 3 is 2.65 bits per heavy atom. The summed E-state index contributed by atoms with van der Waals surface area (Å²) in [6, 6.07) is 18.0. The largest absolute Gasteiger partial charge is 0.493 e. The molecule has 1 aromatic heterocycles. The van der Waals surface area contributed by atoms with Crippen molar-refractivity contribution < 1.29 is 28.5 Å². The van der Waals surface area contributed by atoms with E-state index in [0.717, 1.165) is 15.6 Å². The summed E-state index contributed by atoms with van der Waals surface area (Å²) in [6.07, 6.45) is 1.78. The van der Waals surface area contributed by atoms with Crippen molar-refractivity contribution >= 4 is 39.3 Å². The van der Waals surface area contributed by atoms with Crippen LogP contribution in [0.3, 0.4) is 0 Å². The monoisotopic (exact) mass is 662 g/mol. The molecule has 0 amide bonds. The summed E-state index contributed by atoms with van der Waals surface area (Å²) < 4.78 is 31.0. The van der Waals surface area contributed by atoms with Crippen LogP contribution in [-0.2, 0) is 16.1 Å². The lowest BCUT2D eigenvalue weighted by molar-refractivity contribution is -0.139. The predicted molar refractivity (Wildman–Crippen MR) is 164 cm³/mol. The van der Waals surface area contributed by atoms with E-state index in [0.29, 0.717) is 55.8 Å². The zero-order valence-electron chi connectivity index (χ0n) is 23.6. The smallest absolute Gasteiger partial charge is 0.338 e. The first-order valence-electron chi connectivity index (χ1n) is 13.5. The molecule has 3 heterocycles. The fourth-order valence-electron chi connectivity index (χ4n) is 4.98. The van der Waals surface area contributed by atoms with Crippen molar-refractivity contribution in [3.63, 3.8) is 0 Å². The Morgan fingerprint density at radius 1 is 1.09 bits per heavy atom. The standard InChI is InChI=1S/C32H27BrN2O7S/c1-4-39-31(37)28-18(2)34-32-35(29(28)21-8-12-24-26(15-21)42-17-41-24)30(36)27(43-32)14-20-7-11-23(25(13-20)38-3)40-16-19-5-9-22(33)10-6-19/h5-15,29H,4,16-17H2,1-3H3/b27-14-/t29-/m0/s1. The number of nitrogens with zero attached hydrogens (tertiary/aromatic N) is 2. The van der Waals surface area contributed by atoms with Crippen molar-refractivity contribution in [3.8, 4) is 23.0 Å². The Morgan fingerprint density at radius 2 is 1.88 bits per heavy atom. The van der Waals surface area contributed by atoms with Gasteiger partial charge in [-0.1, -0.05) is 51.5 Å². The van der Waals surface area contributed by atoms with Gasteiger partial charge in [-0.15, -0.1) is 0 Å². The first kappa shape index (κ1) is 28.8. The van der Waals surface area contributed by atoms with Gasteiger partial charge in [-0.25, -0.2) is 9.79 Å². The number of thiazole rings is 1. The molecular weight excluding hydrogens is 636 g/mol. The number of allylic oxidation sites excluding steroid dienone is 1. The quantitative estimate of drug-likeness (QED) is 0.248. The molecule has 9 nitrogen and oxygen atoms in total. The van der Waals surface area contributed by atoms with Gasteiger partial charge in [-0.2, -0.15) is 0 Å². The molecule has 3 aromatic carbocycles. The van der Waals surface area contributed by atoms with Gasteiger partial charge < -0.3 is 23.7 Å². The molecule has 2 aliphatic rings. The van der Waals surface area contributed by atoms with Gasteiger partial charge in [0.2, 0.25) is 6.79 Å². The summed E-state index contributed by atoms with van der Waals surface area (Å²) in [6.45, 7) is 4.17. The third-order valence-electron chi connectivity index (χ3n) is 7.02. The molecule has 0 aliphatic carbocycles. The lowest BCUT2D eigenvalue weighted by Crippen LogP contribution is -2.39. The fraction of sp³-hybridized carbons (Fsp3) is 0.219. The number of carbonyl (C=O) groups excluding carboxylic acids is 1. The van der Waals surface area contributed by atoms with E-state index in [1.54, 1.807) is 43.7 Å². The van der Waals surface area contributed by atoms with E-state index >= 15 is 0 Å². The van der Waals surface area contributed by atoms with Crippen molar-refractivity contribution in [1.29, 1.82) is 0 Å². The zero-order chi connectivity index (χ0) is 30.1. The molecular formula is C32H27BrN2O7S. The first-order valence-corrected chi connectivity index (χ1v) is 15.1. The van der Waals surface area contributed by atoms with Crippen molar-refractivity contribution in [2.75, 3.05) is 20.5 Å². The van der Waals surface area contributed by atoms with Crippen molar-refractivity contribution in [2.45, 2.75) is 26.5 Å². The van der Waals surface area contributed by atoms with Crippen LogP contribution in [0.1, 0.15) is 36.6 Å². The SMILES string of the molecule is CCOC(=O)C1=C(C)N=c2s/c(=C\c3ccc(OCc4ccc(Br)cc4)c(OC)c3)c(=O)n2[C@H]1c1ccc2c(c1)OCO2. The average molecular weight is 664 g/mol. The Labute approximate surface area is 259 Å². The molecule has 0 N–H and O–H groups in total. The highest BCUT2D eigenvalue weighted by Crippen LogP contribution is 2.38. The van der Waals surface area contributed by atoms with Crippen LogP contribution in [-0.4, -0.2) is 31.0 Å². The van der Waals surface area contributed by atoms with Gasteiger partial charge in [0.1, 0.15) is 6.61 Å². The molecule has 0 saturated heterocycles. The van der Waals surface area contributed by atoms with Gasteiger partial charge in [0, 0.05) is 4.47 Å². The van der Waals surface area contributed by atoms with Crippen LogP contribution in [0, 0.1) is 0 Å². The van der Waals surface area contributed by atoms with Crippen LogP contribution < -0.4 is 33.8 Å². The van der Waals surface area contributed by atoms with E-state index in [-0.39, 0.29) is 19.0 Å². The zero-order valence-corrected chi connectivity index (χ0v) is 26.0. The number of ether oxygens (including phenoxy) is 5. The molecule has 1 atom stereocenters. The van der Waals surface area contributed by atoms with Crippen LogP contribution in [0.2, 0.25) is 0 Å². The Balaban J connectivity index is 1.39. The lowest BCUT2D eigenvalue weighted by Gasteiger charge is -2.24. The Bertz CT molecular complexity index is 1930. The third-order valence-corrected chi connectivity index (χ3v) is 8.53. The number of hydrogen-bond acceptors (Lipinski definition) is 9. The van der Waals surface area contributed by atoms with Gasteiger partial charge in [0.05, 0.1) is 35.6 Å². The molecule has 220 valence electrons. The van der Waals surface area contributed by atoms with E-state index in [4.69, 9.17) is 23.7 Å². The average Bonchev–Trinajstić information content (AvgIpc) is 3.60. The number of esters is 1. The van der Waals surface area contributed by atoms with Crippen molar-refractivity contribution in [3.05, 3.63) is 113 Å². The highest BCUT2D eigenvalue weighted by Gasteiger charge is 2.34. The highest BCUT2D eigenvalue weighted by atomic mass is 79.9. The second-order valence-electron chi connectivity index (χ2n) is 9.74. The molecule has 0 radical (unpaired) electrons. The molecule has 11 heteroatoms. The third kappa shape index (κ3) is 5.70. The molecule has 0 fully saturated rings. The number of halogens is 1. The summed E-state index contributed by atoms with van der Waals surface area (Å²) in [7, 11) is 1.57. The van der Waals surface area contributed by atoms with Crippen LogP contribution >= 0.6 is 27.3 Å². The van der Waals surface area contributed by atoms with Crippen molar-refractivity contribution in [1.82, 2.24) is 4.57 Å². The molecule has 6 rings (SSSR count). The number of fused-ring (bicyclic) bond motifs is 2. The minimum atomic E-state index is -0.754. The Hall–Kier alpha value is -4.35. The van der Waals surface area contributed by atoms with Gasteiger partial charge in [-0.05, 0) is 73.0 Å². The van der Waals surface area contributed by atoms with Gasteiger partial charge in [-0.3, -0.25) is 9.36 Å². The number of hydrogen-bond donors (Lipinski definition) is 0. The number of benzene rings is 3. The molecule has 0 bridgehead atoms. The van der Waals surface area contributed by atoms with Crippen LogP contribution in [0.4, 0.5) is 0 Å². The van der Waals surface area contributed by atoms with Gasteiger partial charge in [0.25, 0.3) is 5.56 Å². The normalized spacial score (nSPS) is 15.6. The molecule has 4 aromatic rings. The summed E-state index contributed by atoms with van der Waals surface area (Å²) in [4.78, 5) is 32.3. The topological polar surface area (TPSA) is 97.6 Å². The first-order chi connectivity index (χ1) is 20.9. The number of aromatic nitrogens is 1. The summed E-state index contributed by atoms with van der Waals surface area (Å²) in [5.41, 5.74) is 2.96. The van der Waals surface area contributed by atoms with E-state index in [9.17, 15) is 9.59 Å². The Kier molecular flexibility index (Phi) is 8.09. The highest BCUT2D eigenvalue weighted by molar-refractivity contribution is 9.10. The maximum absolute atomic E-state index is 14.0. The summed E-state index contributed by atoms with van der Waals surface area (Å²) in [5, 5.41) is 0. The van der Waals surface area contributed by atoms with Crippen LogP contribution in [0.25, 0.3) is 6.08 Å². The second-order valence-corrected chi connectivity index (χ2v) is 11.7. The van der Waals surface area contributed by atoms with Gasteiger partial charge >= 0.3 is 5.97 Å². The number of rotatable bonds is 8. The summed E-state index contributed by atoms with van der Waals surface area (Å²) >= 11 is 4.69. The minimum Gasteiger partial charge on any atom is -0.493 e. The van der Waals surface area contributed by atoms with Crippen LogP contribution in [0.5, 0.6) is 23.0 Å². The van der Waals surface area contributed by atoms with E-state index in [2.05, 4.69) is 20.9 Å².